The minimum Gasteiger partial charge on any atom is -0.324 e. The van der Waals surface area contributed by atoms with Crippen molar-refractivity contribution in [2.24, 2.45) is 0 Å². The number of hydrogen-bond donors (Lipinski definition) is 1. The summed E-state index contributed by atoms with van der Waals surface area (Å²) in [6, 6.07) is 13.4. The predicted molar refractivity (Wildman–Crippen MR) is 122 cm³/mol. The van der Waals surface area contributed by atoms with Crippen LogP contribution < -0.4 is 5.32 Å². The Hall–Kier alpha value is -2.06. The third-order valence-electron chi connectivity index (χ3n) is 4.31. The van der Waals surface area contributed by atoms with Gasteiger partial charge in [0.2, 0.25) is 5.91 Å². The number of anilines is 1. The topological polar surface area (TPSA) is 59.8 Å². The fourth-order valence-electron chi connectivity index (χ4n) is 2.95. The van der Waals surface area contributed by atoms with E-state index in [0.29, 0.717) is 27.4 Å². The van der Waals surface area contributed by atoms with E-state index in [4.69, 9.17) is 23.2 Å². The van der Waals surface area contributed by atoms with Gasteiger partial charge < -0.3 is 9.88 Å². The molecule has 0 saturated carbocycles. The number of aromatic nitrogens is 3. The average Bonchev–Trinajstić information content (AvgIpc) is 3.33. The van der Waals surface area contributed by atoms with Crippen LogP contribution >= 0.6 is 46.3 Å². The first-order valence-corrected chi connectivity index (χ1v) is 11.5. The Morgan fingerprint density at radius 2 is 2.00 bits per heavy atom. The highest BCUT2D eigenvalue weighted by Crippen LogP contribution is 2.34. The summed E-state index contributed by atoms with van der Waals surface area (Å²) < 4.78 is 3.24. The van der Waals surface area contributed by atoms with E-state index in [9.17, 15) is 4.79 Å². The van der Waals surface area contributed by atoms with E-state index in [0.717, 1.165) is 16.8 Å². The van der Waals surface area contributed by atoms with E-state index in [1.807, 2.05) is 23.6 Å². The van der Waals surface area contributed by atoms with Crippen LogP contribution in [0.25, 0.3) is 21.5 Å². The molecule has 0 spiro atoms. The molecular formula is C20H16Cl2N4OS2. The molecule has 29 heavy (non-hydrogen) atoms. The lowest BCUT2D eigenvalue weighted by Crippen LogP contribution is -2.15. The molecule has 4 rings (SSSR count). The van der Waals surface area contributed by atoms with Gasteiger partial charge in [-0.1, -0.05) is 59.2 Å². The number of thiophene rings is 1. The molecule has 148 valence electrons. The number of nitrogens with one attached hydrogen (secondary N) is 1. The number of halogens is 2. The summed E-state index contributed by atoms with van der Waals surface area (Å²) in [6.07, 6.45) is 0. The summed E-state index contributed by atoms with van der Waals surface area (Å²) >= 11 is 15.1. The molecule has 0 radical (unpaired) electrons. The molecule has 1 N–H and O–H groups in total. The van der Waals surface area contributed by atoms with E-state index >= 15 is 0 Å². The number of fused-ring (bicyclic) bond motifs is 1. The van der Waals surface area contributed by atoms with Gasteiger partial charge in [-0.25, -0.2) is 0 Å². The number of nitrogens with zero attached hydrogens (tertiary/aromatic N) is 3. The van der Waals surface area contributed by atoms with Crippen molar-refractivity contribution in [1.82, 2.24) is 14.8 Å². The molecular weight excluding hydrogens is 447 g/mol. The van der Waals surface area contributed by atoms with Gasteiger partial charge in [-0.15, -0.1) is 21.5 Å². The molecule has 9 heteroatoms. The second kappa shape index (κ2) is 8.75. The third-order valence-corrected chi connectivity index (χ3v) is 7.06. The summed E-state index contributed by atoms with van der Waals surface area (Å²) in [6.45, 7) is 2.74. The Balaban J connectivity index is 1.51. The Morgan fingerprint density at radius 1 is 1.17 bits per heavy atom. The Kier molecular flexibility index (Phi) is 6.10. The molecule has 1 amide bonds. The molecule has 2 aromatic heterocycles. The first kappa shape index (κ1) is 20.2. The first-order chi connectivity index (χ1) is 14.1. The highest BCUT2D eigenvalue weighted by atomic mass is 35.5. The maximum absolute atomic E-state index is 12.4. The van der Waals surface area contributed by atoms with Crippen LogP contribution in [0, 0.1) is 0 Å². The summed E-state index contributed by atoms with van der Waals surface area (Å²) in [7, 11) is 0. The van der Waals surface area contributed by atoms with E-state index in [-0.39, 0.29) is 11.7 Å². The quantitative estimate of drug-likeness (QED) is 0.345. The van der Waals surface area contributed by atoms with Gasteiger partial charge in [0.25, 0.3) is 0 Å². The van der Waals surface area contributed by atoms with Crippen molar-refractivity contribution in [2.45, 2.75) is 18.6 Å². The molecule has 0 unspecified atom stereocenters. The number of thioether (sulfide) groups is 1. The van der Waals surface area contributed by atoms with Crippen molar-refractivity contribution in [3.8, 4) is 11.4 Å². The molecule has 0 aliphatic heterocycles. The second-order valence-electron chi connectivity index (χ2n) is 6.13. The number of carbonyl (C=O) groups is 1. The molecule has 0 saturated heterocycles. The Morgan fingerprint density at radius 3 is 2.83 bits per heavy atom. The number of amides is 1. The Labute approximate surface area is 186 Å². The standard InChI is InChI=1S/C20H16Cl2N4OS2/c1-2-26-19(13-10-28-16-9-4-3-6-12(13)16)24-25-20(26)29-11-17(27)23-15-8-5-7-14(21)18(15)22/h3-10H,2,11H2,1H3,(H,23,27). The summed E-state index contributed by atoms with van der Waals surface area (Å²) in [4.78, 5) is 12.4. The minimum absolute atomic E-state index is 0.186. The van der Waals surface area contributed by atoms with Crippen LogP contribution in [0.15, 0.2) is 53.0 Å². The lowest BCUT2D eigenvalue weighted by Gasteiger charge is -2.09. The maximum Gasteiger partial charge on any atom is 0.234 e. The van der Waals surface area contributed by atoms with Gasteiger partial charge >= 0.3 is 0 Å². The molecule has 0 bridgehead atoms. The number of rotatable bonds is 6. The van der Waals surface area contributed by atoms with Gasteiger partial charge in [0.1, 0.15) is 0 Å². The SMILES string of the molecule is CCn1c(SCC(=O)Nc2cccc(Cl)c2Cl)nnc1-c1csc2ccccc12. The minimum atomic E-state index is -0.188. The zero-order valence-corrected chi connectivity index (χ0v) is 18.5. The van der Waals surface area contributed by atoms with Gasteiger partial charge in [0.05, 0.1) is 21.5 Å². The highest BCUT2D eigenvalue weighted by Gasteiger charge is 2.17. The van der Waals surface area contributed by atoms with Gasteiger partial charge in [0.15, 0.2) is 11.0 Å². The summed E-state index contributed by atoms with van der Waals surface area (Å²) in [5, 5.41) is 16.2. The number of hydrogen-bond acceptors (Lipinski definition) is 5. The zero-order chi connectivity index (χ0) is 20.4. The molecule has 2 heterocycles. The fraction of sp³-hybridized carbons (Fsp3) is 0.150. The first-order valence-electron chi connectivity index (χ1n) is 8.85. The largest absolute Gasteiger partial charge is 0.324 e. The van der Waals surface area contributed by atoms with E-state index in [2.05, 4.69) is 33.0 Å². The van der Waals surface area contributed by atoms with Crippen LogP contribution in [0.1, 0.15) is 6.92 Å². The van der Waals surface area contributed by atoms with Crippen molar-refractivity contribution in [3.63, 3.8) is 0 Å². The summed E-state index contributed by atoms with van der Waals surface area (Å²) in [5.74, 6) is 0.809. The van der Waals surface area contributed by atoms with Gasteiger partial charge in [-0.2, -0.15) is 0 Å². The highest BCUT2D eigenvalue weighted by molar-refractivity contribution is 7.99. The smallest absolute Gasteiger partial charge is 0.234 e. The van der Waals surface area contributed by atoms with Crippen molar-refractivity contribution in [2.75, 3.05) is 11.1 Å². The van der Waals surface area contributed by atoms with Crippen molar-refractivity contribution < 1.29 is 4.79 Å². The monoisotopic (exact) mass is 462 g/mol. The van der Waals surface area contributed by atoms with Crippen LogP contribution in [-0.2, 0) is 11.3 Å². The lowest BCUT2D eigenvalue weighted by molar-refractivity contribution is -0.113. The maximum atomic E-state index is 12.4. The number of carbonyl (C=O) groups excluding carboxylic acids is 1. The summed E-state index contributed by atoms with van der Waals surface area (Å²) in [5.41, 5.74) is 1.55. The molecule has 0 fully saturated rings. The van der Waals surface area contributed by atoms with Crippen LogP contribution in [-0.4, -0.2) is 26.4 Å². The van der Waals surface area contributed by atoms with E-state index < -0.39 is 0 Å². The van der Waals surface area contributed by atoms with E-state index in [1.54, 1.807) is 29.5 Å². The predicted octanol–water partition coefficient (Wildman–Crippen LogP) is 6.22. The zero-order valence-electron chi connectivity index (χ0n) is 15.4. The lowest BCUT2D eigenvalue weighted by atomic mass is 10.1. The van der Waals surface area contributed by atoms with Crippen molar-refractivity contribution >= 4 is 68.0 Å². The molecule has 4 aromatic rings. The van der Waals surface area contributed by atoms with Crippen molar-refractivity contribution in [1.29, 1.82) is 0 Å². The Bertz CT molecular complexity index is 1190. The van der Waals surface area contributed by atoms with Gasteiger partial charge in [-0.3, -0.25) is 4.79 Å². The normalized spacial score (nSPS) is 11.1. The average molecular weight is 463 g/mol. The van der Waals surface area contributed by atoms with Crippen LogP contribution in [0.5, 0.6) is 0 Å². The van der Waals surface area contributed by atoms with Gasteiger partial charge in [0, 0.05) is 27.6 Å². The molecule has 0 atom stereocenters. The van der Waals surface area contributed by atoms with Crippen molar-refractivity contribution in [3.05, 3.63) is 57.9 Å². The van der Waals surface area contributed by atoms with E-state index in [1.165, 1.54) is 16.5 Å². The van der Waals surface area contributed by atoms with Crippen LogP contribution in [0.2, 0.25) is 10.0 Å². The third kappa shape index (κ3) is 4.14. The molecule has 2 aromatic carbocycles. The second-order valence-corrected chi connectivity index (χ2v) is 8.77. The molecule has 0 aliphatic carbocycles. The van der Waals surface area contributed by atoms with Crippen LogP contribution in [0.4, 0.5) is 5.69 Å². The number of benzene rings is 2. The van der Waals surface area contributed by atoms with Gasteiger partial charge in [-0.05, 0) is 25.1 Å². The molecule has 5 nitrogen and oxygen atoms in total. The van der Waals surface area contributed by atoms with Crippen LogP contribution in [0.3, 0.4) is 0 Å². The molecule has 0 aliphatic rings. The fourth-order valence-corrected chi connectivity index (χ4v) is 5.04.